The van der Waals surface area contributed by atoms with Crippen molar-refractivity contribution in [2.45, 2.75) is 51.3 Å². The lowest BCUT2D eigenvalue weighted by molar-refractivity contribution is -0.244. The Kier molecular flexibility index (Phi) is 4.97. The quantitative estimate of drug-likeness (QED) is 0.655. The first-order chi connectivity index (χ1) is 10.2. The molecule has 1 aliphatic heterocycles. The number of benzene rings is 1. The van der Waals surface area contributed by atoms with Crippen molar-refractivity contribution >= 4 is 0 Å². The van der Waals surface area contributed by atoms with Gasteiger partial charge in [-0.1, -0.05) is 20.8 Å². The molecule has 1 aromatic carbocycles. The summed E-state index contributed by atoms with van der Waals surface area (Å²) in [6, 6.07) is 6.00. The fourth-order valence-corrected chi connectivity index (χ4v) is 2.62. The minimum absolute atomic E-state index is 0.0984. The van der Waals surface area contributed by atoms with Gasteiger partial charge in [0.15, 0.2) is 6.10 Å². The molecule has 0 amide bonds. The first kappa shape index (κ1) is 17.0. The lowest BCUT2D eigenvalue weighted by atomic mass is 9.80. The Balaban J connectivity index is 2.23. The number of aromatic hydroxyl groups is 1. The molecule has 1 saturated heterocycles. The zero-order valence-corrected chi connectivity index (χ0v) is 13.0. The third-order valence-electron chi connectivity index (χ3n) is 3.83. The molecule has 1 aliphatic rings. The average molecular weight is 312 g/mol. The van der Waals surface area contributed by atoms with E-state index in [1.807, 2.05) is 20.8 Å². The van der Waals surface area contributed by atoms with Crippen LogP contribution in [-0.2, 0) is 4.74 Å². The van der Waals surface area contributed by atoms with Crippen LogP contribution in [0.1, 0.15) is 20.8 Å². The van der Waals surface area contributed by atoms with Gasteiger partial charge in [-0.2, -0.15) is 0 Å². The Morgan fingerprint density at radius 1 is 1.09 bits per heavy atom. The molecule has 1 fully saturated rings. The molecule has 6 heteroatoms. The van der Waals surface area contributed by atoms with E-state index in [-0.39, 0.29) is 17.8 Å². The summed E-state index contributed by atoms with van der Waals surface area (Å²) in [7, 11) is 0. The second kappa shape index (κ2) is 6.42. The molecule has 0 aliphatic carbocycles. The summed E-state index contributed by atoms with van der Waals surface area (Å²) in [6.07, 6.45) is -4.55. The highest BCUT2D eigenvalue weighted by Crippen LogP contribution is 2.34. The maximum absolute atomic E-state index is 10.5. The zero-order valence-electron chi connectivity index (χ0n) is 13.0. The topological polar surface area (TPSA) is 99.4 Å². The van der Waals surface area contributed by atoms with E-state index in [1.54, 1.807) is 12.1 Å². The highest BCUT2D eigenvalue weighted by atomic mass is 16.6. The first-order valence-corrected chi connectivity index (χ1v) is 7.32. The average Bonchev–Trinajstić information content (AvgIpc) is 2.44. The van der Waals surface area contributed by atoms with Gasteiger partial charge < -0.3 is 29.9 Å². The van der Waals surface area contributed by atoms with Crippen molar-refractivity contribution in [1.82, 2.24) is 0 Å². The van der Waals surface area contributed by atoms with Crippen LogP contribution in [0.2, 0.25) is 0 Å². The molecule has 5 atom stereocenters. The fourth-order valence-electron chi connectivity index (χ4n) is 2.62. The molecule has 2 rings (SSSR count). The van der Waals surface area contributed by atoms with Gasteiger partial charge in [0, 0.05) is 0 Å². The molecule has 4 N–H and O–H groups in total. The highest BCUT2D eigenvalue weighted by molar-refractivity contribution is 5.30. The van der Waals surface area contributed by atoms with Crippen molar-refractivity contribution in [3.8, 4) is 11.5 Å². The summed E-state index contributed by atoms with van der Waals surface area (Å²) >= 11 is 0. The summed E-state index contributed by atoms with van der Waals surface area (Å²) in [5.41, 5.74) is -0.385. The third-order valence-corrected chi connectivity index (χ3v) is 3.83. The van der Waals surface area contributed by atoms with Crippen molar-refractivity contribution in [2.75, 3.05) is 6.61 Å². The van der Waals surface area contributed by atoms with Crippen LogP contribution >= 0.6 is 0 Å². The van der Waals surface area contributed by atoms with Crippen LogP contribution in [0.5, 0.6) is 11.5 Å². The number of rotatable bonds is 3. The van der Waals surface area contributed by atoms with Gasteiger partial charge in [-0.25, -0.2) is 0 Å². The van der Waals surface area contributed by atoms with E-state index in [2.05, 4.69) is 0 Å². The van der Waals surface area contributed by atoms with Crippen molar-refractivity contribution < 1.29 is 29.9 Å². The van der Waals surface area contributed by atoms with Gasteiger partial charge in [0.2, 0.25) is 0 Å². The van der Waals surface area contributed by atoms with E-state index in [0.29, 0.717) is 5.75 Å². The molecule has 0 aromatic heterocycles. The van der Waals surface area contributed by atoms with Gasteiger partial charge in [-0.15, -0.1) is 0 Å². The second-order valence-electron chi connectivity index (χ2n) is 6.70. The van der Waals surface area contributed by atoms with Gasteiger partial charge in [0.1, 0.15) is 29.8 Å². The SMILES string of the molecule is CC(C)(C)[C@H]1OC(CO)[C@H](O)[C@H](Oc2ccc(O)cc2)C1O. The molecule has 0 bridgehead atoms. The second-order valence-corrected chi connectivity index (χ2v) is 6.70. The maximum Gasteiger partial charge on any atom is 0.155 e. The summed E-state index contributed by atoms with van der Waals surface area (Å²) in [4.78, 5) is 0. The van der Waals surface area contributed by atoms with Crippen LogP contribution in [0.25, 0.3) is 0 Å². The van der Waals surface area contributed by atoms with Crippen LogP contribution in [0.4, 0.5) is 0 Å². The maximum atomic E-state index is 10.5. The number of ether oxygens (including phenoxy) is 2. The Morgan fingerprint density at radius 2 is 1.68 bits per heavy atom. The molecule has 1 aromatic rings. The number of hydrogen-bond donors (Lipinski definition) is 4. The monoisotopic (exact) mass is 312 g/mol. The van der Waals surface area contributed by atoms with Crippen LogP contribution in [-0.4, -0.2) is 57.6 Å². The van der Waals surface area contributed by atoms with E-state index in [4.69, 9.17) is 9.47 Å². The van der Waals surface area contributed by atoms with E-state index in [0.717, 1.165) is 0 Å². The molecular weight excluding hydrogens is 288 g/mol. The number of phenolic OH excluding ortho intramolecular Hbond substituents is 1. The van der Waals surface area contributed by atoms with Gasteiger partial charge in [-0.3, -0.25) is 0 Å². The van der Waals surface area contributed by atoms with E-state index in [9.17, 15) is 20.4 Å². The molecule has 6 nitrogen and oxygen atoms in total. The number of hydrogen-bond acceptors (Lipinski definition) is 6. The zero-order chi connectivity index (χ0) is 16.5. The Morgan fingerprint density at radius 3 is 2.18 bits per heavy atom. The van der Waals surface area contributed by atoms with E-state index in [1.165, 1.54) is 12.1 Å². The van der Waals surface area contributed by atoms with Crippen LogP contribution < -0.4 is 4.74 Å². The molecule has 0 spiro atoms. The number of phenols is 1. The third kappa shape index (κ3) is 3.52. The van der Waals surface area contributed by atoms with Crippen molar-refractivity contribution in [3.63, 3.8) is 0 Å². The Bertz CT molecular complexity index is 480. The molecule has 124 valence electrons. The first-order valence-electron chi connectivity index (χ1n) is 7.32. The summed E-state index contributed by atoms with van der Waals surface area (Å²) in [5, 5.41) is 39.5. The summed E-state index contributed by atoms with van der Waals surface area (Å²) in [6.45, 7) is 5.36. The molecule has 0 saturated carbocycles. The van der Waals surface area contributed by atoms with Crippen LogP contribution in [0, 0.1) is 5.41 Å². The molecule has 2 unspecified atom stereocenters. The van der Waals surface area contributed by atoms with Gasteiger partial charge >= 0.3 is 0 Å². The van der Waals surface area contributed by atoms with Crippen molar-refractivity contribution in [3.05, 3.63) is 24.3 Å². The lowest BCUT2D eigenvalue weighted by Crippen LogP contribution is -2.63. The van der Waals surface area contributed by atoms with Gasteiger partial charge in [0.05, 0.1) is 12.7 Å². The Hall–Kier alpha value is -1.34. The van der Waals surface area contributed by atoms with Crippen LogP contribution in [0.15, 0.2) is 24.3 Å². The van der Waals surface area contributed by atoms with E-state index >= 15 is 0 Å². The predicted molar refractivity (Wildman–Crippen MR) is 79.7 cm³/mol. The minimum Gasteiger partial charge on any atom is -0.508 e. The van der Waals surface area contributed by atoms with Gasteiger partial charge in [-0.05, 0) is 29.7 Å². The lowest BCUT2D eigenvalue weighted by Gasteiger charge is -2.46. The normalized spacial score (nSPS) is 32.7. The molecular formula is C16H24O6. The van der Waals surface area contributed by atoms with Crippen molar-refractivity contribution in [2.24, 2.45) is 5.41 Å². The van der Waals surface area contributed by atoms with Gasteiger partial charge in [0.25, 0.3) is 0 Å². The van der Waals surface area contributed by atoms with Crippen molar-refractivity contribution in [1.29, 1.82) is 0 Å². The smallest absolute Gasteiger partial charge is 0.155 e. The molecule has 22 heavy (non-hydrogen) atoms. The summed E-state index contributed by atoms with van der Waals surface area (Å²) in [5.74, 6) is 0.508. The number of aliphatic hydroxyl groups excluding tert-OH is 3. The van der Waals surface area contributed by atoms with E-state index < -0.39 is 30.5 Å². The highest BCUT2D eigenvalue weighted by Gasteiger charge is 2.49. The largest absolute Gasteiger partial charge is 0.508 e. The predicted octanol–water partition coefficient (Wildman–Crippen LogP) is 0.667. The summed E-state index contributed by atoms with van der Waals surface area (Å²) < 4.78 is 11.3. The van der Waals surface area contributed by atoms with Crippen LogP contribution in [0.3, 0.4) is 0 Å². The number of aliphatic hydroxyl groups is 3. The molecule has 0 radical (unpaired) electrons. The minimum atomic E-state index is -1.16. The molecule has 1 heterocycles. The Labute approximate surface area is 129 Å². The standard InChI is InChI=1S/C16H24O6/c1-16(2,3)15-13(20)14(12(19)11(8-17)22-15)21-10-6-4-9(18)5-7-10/h4-7,11-15,17-20H,8H2,1-3H3/t11?,12-,13?,14-,15-/m0/s1. The fraction of sp³-hybridized carbons (Fsp3) is 0.625.